The van der Waals surface area contributed by atoms with Crippen molar-refractivity contribution in [1.82, 2.24) is 5.32 Å². The van der Waals surface area contributed by atoms with Gasteiger partial charge in [-0.1, -0.05) is 17.7 Å². The van der Waals surface area contributed by atoms with Crippen LogP contribution in [0, 0.1) is 6.92 Å². The highest BCUT2D eigenvalue weighted by atomic mass is 32.2. The molecule has 0 aliphatic rings. The molecule has 1 N–H and O–H groups in total. The number of alkyl halides is 3. The molecule has 0 bridgehead atoms. The van der Waals surface area contributed by atoms with Gasteiger partial charge in [0.25, 0.3) is 5.91 Å². The van der Waals surface area contributed by atoms with Crippen molar-refractivity contribution in [3.63, 3.8) is 0 Å². The lowest BCUT2D eigenvalue weighted by atomic mass is 10.1. The quantitative estimate of drug-likeness (QED) is 0.614. The van der Waals surface area contributed by atoms with Gasteiger partial charge in [0.15, 0.2) is 9.84 Å². The third kappa shape index (κ3) is 4.73. The van der Waals surface area contributed by atoms with Gasteiger partial charge in [-0.3, -0.25) is 4.79 Å². The molecule has 0 saturated heterocycles. The number of hydrogen-bond donors (Lipinski definition) is 1. The predicted octanol–water partition coefficient (Wildman–Crippen LogP) is 4.55. The normalized spacial score (nSPS) is 13.1. The van der Waals surface area contributed by atoms with Gasteiger partial charge in [0, 0.05) is 12.1 Å². The molecule has 1 amide bonds. The number of amides is 1. The summed E-state index contributed by atoms with van der Waals surface area (Å²) in [5.41, 5.74) is -0.0116. The lowest BCUT2D eigenvalue weighted by molar-refractivity contribution is -0.137. The molecule has 5 nitrogen and oxygen atoms in total. The van der Waals surface area contributed by atoms with Crippen molar-refractivity contribution in [3.05, 3.63) is 89.4 Å². The molecule has 0 unspecified atom stereocenters. The van der Waals surface area contributed by atoms with Crippen LogP contribution in [-0.4, -0.2) is 20.9 Å². The Morgan fingerprint density at radius 3 is 2.20 bits per heavy atom. The lowest BCUT2D eigenvalue weighted by Gasteiger charge is -2.17. The Balaban J connectivity index is 1.81. The number of furan rings is 1. The molecule has 0 aliphatic heterocycles. The molecular formula is C21H18F3NO4S. The maximum atomic E-state index is 13.1. The van der Waals surface area contributed by atoms with Gasteiger partial charge in [-0.05, 0) is 55.5 Å². The first-order valence-electron chi connectivity index (χ1n) is 8.88. The summed E-state index contributed by atoms with van der Waals surface area (Å²) in [4.78, 5) is 12.4. The second kappa shape index (κ2) is 8.35. The molecule has 30 heavy (non-hydrogen) atoms. The van der Waals surface area contributed by atoms with E-state index in [2.05, 4.69) is 5.32 Å². The average Bonchev–Trinajstić information content (AvgIpc) is 3.22. The molecule has 0 aliphatic carbocycles. The SMILES string of the molecule is Cc1ccc(S(=O)(=O)[C@@H](CNC(=O)c2ccc(C(F)(F)F)cc2)c2ccco2)cc1. The van der Waals surface area contributed by atoms with Crippen molar-refractivity contribution in [3.8, 4) is 0 Å². The van der Waals surface area contributed by atoms with Gasteiger partial charge in [0.05, 0.1) is 16.7 Å². The zero-order valence-corrected chi connectivity index (χ0v) is 16.6. The van der Waals surface area contributed by atoms with Crippen molar-refractivity contribution in [2.24, 2.45) is 0 Å². The minimum absolute atomic E-state index is 0.0195. The number of aryl methyl sites for hydroxylation is 1. The maximum Gasteiger partial charge on any atom is 0.416 e. The van der Waals surface area contributed by atoms with E-state index in [1.807, 2.05) is 6.92 Å². The van der Waals surface area contributed by atoms with Crippen molar-refractivity contribution >= 4 is 15.7 Å². The predicted molar refractivity (Wildman–Crippen MR) is 104 cm³/mol. The second-order valence-corrected chi connectivity index (χ2v) is 8.78. The van der Waals surface area contributed by atoms with E-state index in [4.69, 9.17) is 4.42 Å². The van der Waals surface area contributed by atoms with Crippen LogP contribution >= 0.6 is 0 Å². The Morgan fingerprint density at radius 2 is 1.67 bits per heavy atom. The van der Waals surface area contributed by atoms with Gasteiger partial charge >= 0.3 is 6.18 Å². The third-order valence-corrected chi connectivity index (χ3v) is 6.58. The van der Waals surface area contributed by atoms with Gasteiger partial charge in [0.1, 0.15) is 11.0 Å². The molecule has 9 heteroatoms. The summed E-state index contributed by atoms with van der Waals surface area (Å²) in [7, 11) is -3.90. The van der Waals surface area contributed by atoms with Crippen LogP contribution in [0.4, 0.5) is 13.2 Å². The molecule has 1 heterocycles. The Hall–Kier alpha value is -3.07. The first kappa shape index (κ1) is 21.6. The summed E-state index contributed by atoms with van der Waals surface area (Å²) >= 11 is 0. The number of nitrogens with one attached hydrogen (secondary N) is 1. The van der Waals surface area contributed by atoms with Crippen molar-refractivity contribution in [2.45, 2.75) is 23.2 Å². The van der Waals surface area contributed by atoms with Gasteiger partial charge in [-0.2, -0.15) is 13.2 Å². The van der Waals surface area contributed by atoms with E-state index < -0.39 is 32.7 Å². The summed E-state index contributed by atoms with van der Waals surface area (Å²) in [5, 5.41) is 1.27. The summed E-state index contributed by atoms with van der Waals surface area (Å²) < 4.78 is 69.5. The van der Waals surface area contributed by atoms with Crippen LogP contribution in [0.1, 0.15) is 32.5 Å². The van der Waals surface area contributed by atoms with E-state index in [9.17, 15) is 26.4 Å². The van der Waals surface area contributed by atoms with Crippen LogP contribution in [-0.2, 0) is 16.0 Å². The minimum Gasteiger partial charge on any atom is -0.468 e. The number of benzene rings is 2. The van der Waals surface area contributed by atoms with Crippen LogP contribution in [0.3, 0.4) is 0 Å². The van der Waals surface area contributed by atoms with Gasteiger partial charge < -0.3 is 9.73 Å². The number of carbonyl (C=O) groups excluding carboxylic acids is 1. The topological polar surface area (TPSA) is 76.4 Å². The summed E-state index contributed by atoms with van der Waals surface area (Å²) in [6, 6.07) is 12.9. The maximum absolute atomic E-state index is 13.1. The summed E-state index contributed by atoms with van der Waals surface area (Å²) in [6.45, 7) is 1.51. The molecule has 0 fully saturated rings. The van der Waals surface area contributed by atoms with Crippen LogP contribution in [0.2, 0.25) is 0 Å². The van der Waals surface area contributed by atoms with Gasteiger partial charge in [-0.25, -0.2) is 8.42 Å². The Labute approximate surface area is 171 Å². The van der Waals surface area contributed by atoms with Crippen molar-refractivity contribution < 1.29 is 30.8 Å². The van der Waals surface area contributed by atoms with Crippen LogP contribution in [0.15, 0.2) is 76.2 Å². The van der Waals surface area contributed by atoms with Crippen molar-refractivity contribution in [1.29, 1.82) is 0 Å². The number of sulfone groups is 1. The van der Waals surface area contributed by atoms with E-state index in [1.54, 1.807) is 12.1 Å². The molecule has 158 valence electrons. The first-order valence-corrected chi connectivity index (χ1v) is 10.4. The first-order chi connectivity index (χ1) is 14.1. The molecule has 3 aromatic rings. The van der Waals surface area contributed by atoms with E-state index in [-0.39, 0.29) is 22.8 Å². The second-order valence-electron chi connectivity index (χ2n) is 6.65. The molecular weight excluding hydrogens is 419 g/mol. The molecule has 3 rings (SSSR count). The number of rotatable bonds is 6. The molecule has 0 spiro atoms. The fourth-order valence-electron chi connectivity index (χ4n) is 2.83. The van der Waals surface area contributed by atoms with Gasteiger partial charge in [-0.15, -0.1) is 0 Å². The number of halogens is 3. The molecule has 1 atom stereocenters. The fraction of sp³-hybridized carbons (Fsp3) is 0.190. The summed E-state index contributed by atoms with van der Waals surface area (Å²) in [5.74, 6) is -0.553. The Kier molecular flexibility index (Phi) is 6.02. The number of carbonyl (C=O) groups is 1. The van der Waals surface area contributed by atoms with E-state index in [0.717, 1.165) is 29.8 Å². The zero-order chi connectivity index (χ0) is 21.9. The largest absolute Gasteiger partial charge is 0.468 e. The molecule has 2 aromatic carbocycles. The van der Waals surface area contributed by atoms with Crippen LogP contribution in [0.5, 0.6) is 0 Å². The zero-order valence-electron chi connectivity index (χ0n) is 15.8. The number of hydrogen-bond acceptors (Lipinski definition) is 4. The standard InChI is InChI=1S/C21H18F3NO4S/c1-14-4-10-17(11-5-14)30(27,28)19(18-3-2-12-29-18)13-25-20(26)15-6-8-16(9-7-15)21(22,23)24/h2-12,19H,13H2,1H3,(H,25,26)/t19-/m0/s1. The fourth-order valence-corrected chi connectivity index (χ4v) is 4.41. The minimum atomic E-state index is -4.51. The smallest absolute Gasteiger partial charge is 0.416 e. The van der Waals surface area contributed by atoms with E-state index >= 15 is 0 Å². The molecule has 1 aromatic heterocycles. The average molecular weight is 437 g/mol. The highest BCUT2D eigenvalue weighted by molar-refractivity contribution is 7.91. The molecule has 0 saturated carbocycles. The van der Waals surface area contributed by atoms with Crippen molar-refractivity contribution in [2.75, 3.05) is 6.54 Å². The highest BCUT2D eigenvalue weighted by Crippen LogP contribution is 2.30. The lowest BCUT2D eigenvalue weighted by Crippen LogP contribution is -2.31. The third-order valence-electron chi connectivity index (χ3n) is 4.51. The summed E-state index contributed by atoms with van der Waals surface area (Å²) in [6.07, 6.45) is -3.19. The Bertz CT molecular complexity index is 1100. The highest BCUT2D eigenvalue weighted by Gasteiger charge is 2.32. The van der Waals surface area contributed by atoms with Crippen LogP contribution in [0.25, 0.3) is 0 Å². The van der Waals surface area contributed by atoms with Crippen LogP contribution < -0.4 is 5.32 Å². The monoisotopic (exact) mass is 437 g/mol. The van der Waals surface area contributed by atoms with E-state index in [0.29, 0.717) is 0 Å². The molecule has 0 radical (unpaired) electrons. The van der Waals surface area contributed by atoms with E-state index in [1.165, 1.54) is 30.5 Å². The van der Waals surface area contributed by atoms with Gasteiger partial charge in [0.2, 0.25) is 0 Å². The Morgan fingerprint density at radius 1 is 1.03 bits per heavy atom.